The monoisotopic (exact) mass is 324 g/mol. The van der Waals surface area contributed by atoms with Gasteiger partial charge in [0.15, 0.2) is 5.75 Å². The van der Waals surface area contributed by atoms with Crippen LogP contribution in [0.25, 0.3) is 0 Å². The van der Waals surface area contributed by atoms with Gasteiger partial charge in [-0.25, -0.2) is 0 Å². The van der Waals surface area contributed by atoms with Crippen molar-refractivity contribution >= 4 is 40.7 Å². The molecule has 3 N–H and O–H groups in total. The van der Waals surface area contributed by atoms with Crippen LogP contribution in [0.1, 0.15) is 13.3 Å². The molecular formula is C12H15Cl3N2O2. The molecule has 1 atom stereocenters. The largest absolute Gasteiger partial charge is 0.489 e. The standard InChI is InChI=1S/C12H15Cl3N2O2/c1-7(16)4-11(18)17-2-3-19-12-9(14)5-8(13)6-10(12)15/h5-7H,2-4,16H2,1H3,(H,17,18). The Hall–Kier alpha value is -0.680. The van der Waals surface area contributed by atoms with Crippen molar-refractivity contribution < 1.29 is 9.53 Å². The molecule has 1 amide bonds. The van der Waals surface area contributed by atoms with Crippen LogP contribution in [-0.4, -0.2) is 25.1 Å². The maximum Gasteiger partial charge on any atom is 0.221 e. The first-order valence-corrected chi connectivity index (χ1v) is 6.83. The fourth-order valence-corrected chi connectivity index (χ4v) is 2.30. The van der Waals surface area contributed by atoms with Gasteiger partial charge in [0.05, 0.1) is 16.6 Å². The number of benzene rings is 1. The molecule has 0 aliphatic carbocycles. The molecule has 0 aliphatic heterocycles. The Labute approximate surface area is 127 Å². The Morgan fingerprint density at radius 2 is 1.95 bits per heavy atom. The van der Waals surface area contributed by atoms with Crippen LogP contribution in [0, 0.1) is 0 Å². The summed E-state index contributed by atoms with van der Waals surface area (Å²) in [7, 11) is 0. The third-order valence-electron chi connectivity index (χ3n) is 2.14. The maximum atomic E-state index is 11.3. The molecular weight excluding hydrogens is 311 g/mol. The van der Waals surface area contributed by atoms with Crippen LogP contribution in [0.15, 0.2) is 12.1 Å². The minimum absolute atomic E-state index is 0.119. The molecule has 0 heterocycles. The summed E-state index contributed by atoms with van der Waals surface area (Å²) in [6.45, 7) is 2.37. The summed E-state index contributed by atoms with van der Waals surface area (Å²) in [5.41, 5.74) is 5.50. The second kappa shape index (κ2) is 7.80. The number of rotatable bonds is 6. The van der Waals surface area contributed by atoms with E-state index in [2.05, 4.69) is 5.32 Å². The van der Waals surface area contributed by atoms with E-state index in [1.54, 1.807) is 19.1 Å². The third-order valence-corrected chi connectivity index (χ3v) is 2.92. The molecule has 0 radical (unpaired) electrons. The van der Waals surface area contributed by atoms with Crippen molar-refractivity contribution in [2.75, 3.05) is 13.2 Å². The van der Waals surface area contributed by atoms with E-state index in [4.69, 9.17) is 45.3 Å². The van der Waals surface area contributed by atoms with E-state index in [0.717, 1.165) is 0 Å². The van der Waals surface area contributed by atoms with Crippen molar-refractivity contribution in [1.82, 2.24) is 5.32 Å². The Kier molecular flexibility index (Phi) is 6.72. The average molecular weight is 326 g/mol. The van der Waals surface area contributed by atoms with E-state index in [-0.39, 0.29) is 25.0 Å². The van der Waals surface area contributed by atoms with Gasteiger partial charge in [0.2, 0.25) is 5.91 Å². The van der Waals surface area contributed by atoms with Crippen LogP contribution in [0.5, 0.6) is 5.75 Å². The highest BCUT2D eigenvalue weighted by molar-refractivity contribution is 6.40. The zero-order chi connectivity index (χ0) is 14.4. The highest BCUT2D eigenvalue weighted by Gasteiger charge is 2.09. The smallest absolute Gasteiger partial charge is 0.221 e. The zero-order valence-electron chi connectivity index (χ0n) is 10.4. The fraction of sp³-hybridized carbons (Fsp3) is 0.417. The van der Waals surface area contributed by atoms with Crippen molar-refractivity contribution in [2.24, 2.45) is 5.73 Å². The molecule has 0 aliphatic rings. The van der Waals surface area contributed by atoms with Crippen LogP contribution in [0.4, 0.5) is 0 Å². The molecule has 1 unspecified atom stereocenters. The van der Waals surface area contributed by atoms with Crippen LogP contribution in [0.2, 0.25) is 15.1 Å². The van der Waals surface area contributed by atoms with Gasteiger partial charge in [0.25, 0.3) is 0 Å². The summed E-state index contributed by atoms with van der Waals surface area (Å²) in [5, 5.41) is 3.78. The van der Waals surface area contributed by atoms with Gasteiger partial charge in [-0.2, -0.15) is 0 Å². The van der Waals surface area contributed by atoms with Gasteiger partial charge in [-0.15, -0.1) is 0 Å². The number of carbonyl (C=O) groups is 1. The lowest BCUT2D eigenvalue weighted by Gasteiger charge is -2.11. The predicted octanol–water partition coefficient (Wildman–Crippen LogP) is 2.88. The number of nitrogens with one attached hydrogen (secondary N) is 1. The molecule has 0 fully saturated rings. The molecule has 1 aromatic rings. The number of hydrogen-bond acceptors (Lipinski definition) is 3. The van der Waals surface area contributed by atoms with Crippen molar-refractivity contribution in [3.8, 4) is 5.75 Å². The Bertz CT molecular complexity index is 430. The van der Waals surface area contributed by atoms with Gasteiger partial charge in [0, 0.05) is 17.5 Å². The molecule has 0 saturated carbocycles. The number of ether oxygens (including phenoxy) is 1. The quantitative estimate of drug-likeness (QED) is 0.790. The van der Waals surface area contributed by atoms with E-state index >= 15 is 0 Å². The average Bonchev–Trinajstić information content (AvgIpc) is 2.25. The Morgan fingerprint density at radius 1 is 1.37 bits per heavy atom. The lowest BCUT2D eigenvalue weighted by atomic mass is 10.2. The minimum atomic E-state index is -0.166. The Balaban J connectivity index is 2.40. The maximum absolute atomic E-state index is 11.3. The fourth-order valence-electron chi connectivity index (χ4n) is 1.37. The van der Waals surface area contributed by atoms with Gasteiger partial charge in [0.1, 0.15) is 6.61 Å². The van der Waals surface area contributed by atoms with Gasteiger partial charge in [-0.05, 0) is 19.1 Å². The molecule has 1 aromatic carbocycles. The number of halogens is 3. The molecule has 1 rings (SSSR count). The highest BCUT2D eigenvalue weighted by Crippen LogP contribution is 2.35. The van der Waals surface area contributed by atoms with E-state index in [1.165, 1.54) is 0 Å². The van der Waals surface area contributed by atoms with Gasteiger partial charge >= 0.3 is 0 Å². The SMILES string of the molecule is CC(N)CC(=O)NCCOc1c(Cl)cc(Cl)cc1Cl. The lowest BCUT2D eigenvalue weighted by Crippen LogP contribution is -2.32. The van der Waals surface area contributed by atoms with E-state index < -0.39 is 0 Å². The highest BCUT2D eigenvalue weighted by atomic mass is 35.5. The summed E-state index contributed by atoms with van der Waals surface area (Å²) in [6, 6.07) is 2.92. The summed E-state index contributed by atoms with van der Waals surface area (Å²) in [5.74, 6) is 0.237. The molecule has 4 nitrogen and oxygen atoms in total. The van der Waals surface area contributed by atoms with Crippen molar-refractivity contribution in [2.45, 2.75) is 19.4 Å². The van der Waals surface area contributed by atoms with Crippen LogP contribution >= 0.6 is 34.8 Å². The molecule has 0 aromatic heterocycles. The van der Waals surface area contributed by atoms with Crippen molar-refractivity contribution in [1.29, 1.82) is 0 Å². The summed E-state index contributed by atoms with van der Waals surface area (Å²) < 4.78 is 5.41. The van der Waals surface area contributed by atoms with Crippen LogP contribution in [0.3, 0.4) is 0 Å². The molecule has 0 bridgehead atoms. The van der Waals surface area contributed by atoms with Gasteiger partial charge < -0.3 is 15.8 Å². The normalized spacial score (nSPS) is 12.1. The summed E-state index contributed by atoms with van der Waals surface area (Å²) in [4.78, 5) is 11.3. The van der Waals surface area contributed by atoms with Gasteiger partial charge in [-0.3, -0.25) is 4.79 Å². The second-order valence-corrected chi connectivity index (χ2v) is 5.33. The van der Waals surface area contributed by atoms with E-state index in [0.29, 0.717) is 27.4 Å². The topological polar surface area (TPSA) is 64.4 Å². The first-order valence-electron chi connectivity index (χ1n) is 5.69. The van der Waals surface area contributed by atoms with Crippen molar-refractivity contribution in [3.05, 3.63) is 27.2 Å². The number of carbonyl (C=O) groups excluding carboxylic acids is 1. The van der Waals surface area contributed by atoms with Gasteiger partial charge in [-0.1, -0.05) is 34.8 Å². The number of nitrogens with two attached hydrogens (primary N) is 1. The number of hydrogen-bond donors (Lipinski definition) is 2. The first-order chi connectivity index (χ1) is 8.90. The molecule has 19 heavy (non-hydrogen) atoms. The zero-order valence-corrected chi connectivity index (χ0v) is 12.6. The Morgan fingerprint density at radius 3 is 2.47 bits per heavy atom. The summed E-state index contributed by atoms with van der Waals surface area (Å²) in [6.07, 6.45) is 0.280. The lowest BCUT2D eigenvalue weighted by molar-refractivity contribution is -0.121. The molecule has 0 saturated heterocycles. The molecule has 0 spiro atoms. The number of amides is 1. The van der Waals surface area contributed by atoms with E-state index in [1.807, 2.05) is 0 Å². The summed E-state index contributed by atoms with van der Waals surface area (Å²) >= 11 is 17.7. The van der Waals surface area contributed by atoms with Crippen molar-refractivity contribution in [3.63, 3.8) is 0 Å². The van der Waals surface area contributed by atoms with Crippen LogP contribution in [-0.2, 0) is 4.79 Å². The predicted molar refractivity (Wildman–Crippen MR) is 78.2 cm³/mol. The van der Waals surface area contributed by atoms with Crippen LogP contribution < -0.4 is 15.8 Å². The first kappa shape index (κ1) is 16.4. The second-order valence-electron chi connectivity index (χ2n) is 4.08. The third kappa shape index (κ3) is 5.87. The molecule has 7 heteroatoms. The molecule has 106 valence electrons. The minimum Gasteiger partial charge on any atom is -0.489 e. The van der Waals surface area contributed by atoms with E-state index in [9.17, 15) is 4.79 Å².